The van der Waals surface area contributed by atoms with Gasteiger partial charge in [0.25, 0.3) is 0 Å². The lowest BCUT2D eigenvalue weighted by atomic mass is 9.96. The van der Waals surface area contributed by atoms with Crippen LogP contribution in [0.4, 0.5) is 0 Å². The molecule has 17 heavy (non-hydrogen) atoms. The van der Waals surface area contributed by atoms with Crippen molar-refractivity contribution in [1.82, 2.24) is 0 Å². The smallest absolute Gasteiger partial charge is 0.124 e. The zero-order chi connectivity index (χ0) is 12.3. The Hall–Kier alpha value is -1.54. The van der Waals surface area contributed by atoms with Gasteiger partial charge in [0.2, 0.25) is 0 Å². The minimum Gasteiger partial charge on any atom is -0.494 e. The van der Waals surface area contributed by atoms with E-state index in [2.05, 4.69) is 25.1 Å². The molecule has 0 unspecified atom stereocenters. The summed E-state index contributed by atoms with van der Waals surface area (Å²) in [5.74, 6) is 0.917. The van der Waals surface area contributed by atoms with Crippen LogP contribution in [0.1, 0.15) is 31.9 Å². The van der Waals surface area contributed by atoms with Crippen LogP contribution in [0.2, 0.25) is 0 Å². The van der Waals surface area contributed by atoms with Crippen LogP contribution in [0, 0.1) is 0 Å². The lowest BCUT2D eigenvalue weighted by molar-refractivity contribution is 0.334. The van der Waals surface area contributed by atoms with Gasteiger partial charge in [0.05, 0.1) is 6.61 Å². The van der Waals surface area contributed by atoms with E-state index in [1.165, 1.54) is 10.8 Å². The number of ether oxygens (including phenoxy) is 1. The van der Waals surface area contributed by atoms with Gasteiger partial charge in [0, 0.05) is 11.6 Å². The van der Waals surface area contributed by atoms with Gasteiger partial charge in [-0.15, -0.1) is 0 Å². The number of hydrogen-bond acceptors (Lipinski definition) is 2. The van der Waals surface area contributed by atoms with E-state index in [4.69, 9.17) is 10.5 Å². The van der Waals surface area contributed by atoms with Crippen LogP contribution in [0.5, 0.6) is 5.75 Å². The van der Waals surface area contributed by atoms with Crippen molar-refractivity contribution in [2.24, 2.45) is 5.73 Å². The molecular weight excluding hydrogens is 210 g/mol. The highest BCUT2D eigenvalue weighted by Crippen LogP contribution is 2.33. The topological polar surface area (TPSA) is 35.2 Å². The molecule has 0 fully saturated rings. The first kappa shape index (κ1) is 11.9. The van der Waals surface area contributed by atoms with E-state index in [1.54, 1.807) is 0 Å². The van der Waals surface area contributed by atoms with Gasteiger partial charge in [-0.1, -0.05) is 37.3 Å². The fourth-order valence-corrected chi connectivity index (χ4v) is 2.14. The average molecular weight is 229 g/mol. The van der Waals surface area contributed by atoms with E-state index in [0.29, 0.717) is 6.61 Å². The third-order valence-corrected chi connectivity index (χ3v) is 3.04. The van der Waals surface area contributed by atoms with Crippen molar-refractivity contribution < 1.29 is 4.74 Å². The van der Waals surface area contributed by atoms with Crippen molar-refractivity contribution >= 4 is 10.8 Å². The molecule has 0 saturated heterocycles. The Morgan fingerprint density at radius 1 is 1.12 bits per heavy atom. The molecule has 2 aromatic carbocycles. The first-order valence-electron chi connectivity index (χ1n) is 6.18. The maximum atomic E-state index is 6.21. The Morgan fingerprint density at radius 3 is 2.59 bits per heavy atom. The quantitative estimate of drug-likeness (QED) is 0.868. The molecule has 0 spiro atoms. The fraction of sp³-hybridized carbons (Fsp3) is 0.333. The second-order valence-corrected chi connectivity index (χ2v) is 4.15. The van der Waals surface area contributed by atoms with Gasteiger partial charge in [-0.25, -0.2) is 0 Å². The van der Waals surface area contributed by atoms with Crippen molar-refractivity contribution in [2.75, 3.05) is 6.61 Å². The van der Waals surface area contributed by atoms with E-state index in [9.17, 15) is 0 Å². The van der Waals surface area contributed by atoms with E-state index in [-0.39, 0.29) is 6.04 Å². The maximum absolute atomic E-state index is 6.21. The Labute approximate surface area is 102 Å². The van der Waals surface area contributed by atoms with Gasteiger partial charge in [-0.2, -0.15) is 0 Å². The molecule has 0 aliphatic rings. The predicted molar refractivity (Wildman–Crippen MR) is 72.3 cm³/mol. The molecule has 2 heteroatoms. The van der Waals surface area contributed by atoms with Crippen molar-refractivity contribution in [3.8, 4) is 5.75 Å². The normalized spacial score (nSPS) is 12.6. The summed E-state index contributed by atoms with van der Waals surface area (Å²) < 4.78 is 5.69. The molecule has 2 N–H and O–H groups in total. The summed E-state index contributed by atoms with van der Waals surface area (Å²) in [6.07, 6.45) is 0.911. The summed E-state index contributed by atoms with van der Waals surface area (Å²) in [7, 11) is 0. The molecule has 0 aromatic heterocycles. The standard InChI is InChI=1S/C15H19NO/c1-3-13(16)15-12-8-6-5-7-11(12)9-10-14(15)17-4-2/h5-10,13H,3-4,16H2,1-2H3/t13-/m1/s1. The highest BCUT2D eigenvalue weighted by atomic mass is 16.5. The molecule has 2 rings (SSSR count). The highest BCUT2D eigenvalue weighted by Gasteiger charge is 2.14. The Morgan fingerprint density at radius 2 is 1.88 bits per heavy atom. The predicted octanol–water partition coefficient (Wildman–Crippen LogP) is 3.65. The molecule has 0 aliphatic carbocycles. The maximum Gasteiger partial charge on any atom is 0.124 e. The minimum atomic E-state index is 0.0302. The summed E-state index contributed by atoms with van der Waals surface area (Å²) in [5.41, 5.74) is 7.34. The second kappa shape index (κ2) is 5.19. The van der Waals surface area contributed by atoms with Crippen LogP contribution in [-0.2, 0) is 0 Å². The molecule has 0 aliphatic heterocycles. The Kier molecular flexibility index (Phi) is 3.64. The third-order valence-electron chi connectivity index (χ3n) is 3.04. The summed E-state index contributed by atoms with van der Waals surface area (Å²) in [5, 5.41) is 2.42. The van der Waals surface area contributed by atoms with Gasteiger partial charge < -0.3 is 10.5 Å². The number of hydrogen-bond donors (Lipinski definition) is 1. The number of benzene rings is 2. The lowest BCUT2D eigenvalue weighted by Gasteiger charge is -2.17. The average Bonchev–Trinajstić information content (AvgIpc) is 2.38. The number of nitrogens with two attached hydrogens (primary N) is 1. The highest BCUT2D eigenvalue weighted by molar-refractivity contribution is 5.88. The molecule has 2 nitrogen and oxygen atoms in total. The van der Waals surface area contributed by atoms with Gasteiger partial charge >= 0.3 is 0 Å². The minimum absolute atomic E-state index is 0.0302. The summed E-state index contributed by atoms with van der Waals surface area (Å²) in [6, 6.07) is 12.5. The molecule has 0 amide bonds. The molecule has 0 saturated carbocycles. The molecule has 90 valence electrons. The summed E-state index contributed by atoms with van der Waals surface area (Å²) in [4.78, 5) is 0. The van der Waals surface area contributed by atoms with Crippen LogP contribution in [-0.4, -0.2) is 6.61 Å². The van der Waals surface area contributed by atoms with E-state index < -0.39 is 0 Å². The van der Waals surface area contributed by atoms with Crippen molar-refractivity contribution in [3.05, 3.63) is 42.0 Å². The SMILES string of the molecule is CCOc1ccc2ccccc2c1[C@H](N)CC. The van der Waals surface area contributed by atoms with E-state index in [0.717, 1.165) is 17.7 Å². The van der Waals surface area contributed by atoms with Crippen LogP contribution in [0.25, 0.3) is 10.8 Å². The van der Waals surface area contributed by atoms with Crippen molar-refractivity contribution in [3.63, 3.8) is 0 Å². The first-order valence-corrected chi connectivity index (χ1v) is 6.18. The van der Waals surface area contributed by atoms with E-state index in [1.807, 2.05) is 25.1 Å². The third kappa shape index (κ3) is 2.27. The second-order valence-electron chi connectivity index (χ2n) is 4.15. The summed E-state index contributed by atoms with van der Waals surface area (Å²) >= 11 is 0. The van der Waals surface area contributed by atoms with Gasteiger partial charge in [-0.05, 0) is 30.2 Å². The van der Waals surface area contributed by atoms with Gasteiger partial charge in [0.1, 0.15) is 5.75 Å². The summed E-state index contributed by atoms with van der Waals surface area (Å²) in [6.45, 7) is 4.76. The first-order chi connectivity index (χ1) is 8.27. The molecular formula is C15H19NO. The van der Waals surface area contributed by atoms with Crippen LogP contribution < -0.4 is 10.5 Å². The van der Waals surface area contributed by atoms with Crippen LogP contribution >= 0.6 is 0 Å². The number of fused-ring (bicyclic) bond motifs is 1. The van der Waals surface area contributed by atoms with Gasteiger partial charge in [-0.3, -0.25) is 0 Å². The Bertz CT molecular complexity index is 507. The lowest BCUT2D eigenvalue weighted by Crippen LogP contribution is -2.11. The van der Waals surface area contributed by atoms with E-state index >= 15 is 0 Å². The van der Waals surface area contributed by atoms with Crippen LogP contribution in [0.3, 0.4) is 0 Å². The van der Waals surface area contributed by atoms with Crippen molar-refractivity contribution in [1.29, 1.82) is 0 Å². The van der Waals surface area contributed by atoms with Crippen molar-refractivity contribution in [2.45, 2.75) is 26.3 Å². The monoisotopic (exact) mass is 229 g/mol. The molecule has 0 heterocycles. The molecule has 0 bridgehead atoms. The molecule has 1 atom stereocenters. The number of rotatable bonds is 4. The molecule has 0 radical (unpaired) electrons. The largest absolute Gasteiger partial charge is 0.494 e. The van der Waals surface area contributed by atoms with Gasteiger partial charge in [0.15, 0.2) is 0 Å². The zero-order valence-corrected chi connectivity index (χ0v) is 10.4. The van der Waals surface area contributed by atoms with Crippen LogP contribution in [0.15, 0.2) is 36.4 Å². The zero-order valence-electron chi connectivity index (χ0n) is 10.4. The fourth-order valence-electron chi connectivity index (χ4n) is 2.14. The Balaban J connectivity index is 2.65. The molecule has 2 aromatic rings.